The molecule has 4 heterocycles. The van der Waals surface area contributed by atoms with Gasteiger partial charge in [-0.15, -0.1) is 0 Å². The second kappa shape index (κ2) is 15.7. The fourth-order valence-corrected chi connectivity index (χ4v) is 2.44. The van der Waals surface area contributed by atoms with E-state index >= 15 is 0 Å². The molecule has 0 aliphatic heterocycles. The van der Waals surface area contributed by atoms with Gasteiger partial charge < -0.3 is 28.8 Å². The molecule has 0 saturated carbocycles. The third-order valence-electron chi connectivity index (χ3n) is 4.34. The molecule has 0 radical (unpaired) electrons. The monoisotopic (exact) mass is 540 g/mol. The van der Waals surface area contributed by atoms with Crippen LogP contribution in [0.25, 0.3) is 0 Å². The maximum atomic E-state index is 12.2. The lowest BCUT2D eigenvalue weighted by molar-refractivity contribution is 0.0585. The Kier molecular flexibility index (Phi) is 12.0. The summed E-state index contributed by atoms with van der Waals surface area (Å²) in [4.78, 5) is 37.1. The highest BCUT2D eigenvalue weighted by molar-refractivity contribution is 5.87. The first kappa shape index (κ1) is 29.9. The summed E-state index contributed by atoms with van der Waals surface area (Å²) in [7, 11) is 5.61. The summed E-state index contributed by atoms with van der Waals surface area (Å²) in [5.74, 6) is 0.684. The number of rotatable bonds is 6. The number of esters is 2. The average Bonchev–Trinajstić information content (AvgIpc) is 2.98. The van der Waals surface area contributed by atoms with Crippen LogP contribution < -0.4 is 14.2 Å². The van der Waals surface area contributed by atoms with Gasteiger partial charge in [-0.25, -0.2) is 33.9 Å². The van der Waals surface area contributed by atoms with Crippen molar-refractivity contribution >= 4 is 11.9 Å². The van der Waals surface area contributed by atoms with Crippen molar-refractivity contribution < 1.29 is 42.8 Å². The molecule has 1 N–H and O–H groups in total. The first-order valence-electron chi connectivity index (χ1n) is 10.9. The highest BCUT2D eigenvalue weighted by Gasteiger charge is 2.07. The van der Waals surface area contributed by atoms with Crippen molar-refractivity contribution in [2.24, 2.45) is 0 Å². The molecule has 0 saturated heterocycles. The van der Waals surface area contributed by atoms with Crippen molar-refractivity contribution in [2.75, 3.05) is 28.4 Å². The van der Waals surface area contributed by atoms with Crippen LogP contribution in [0.4, 0.5) is 4.39 Å². The number of pyridine rings is 4. The van der Waals surface area contributed by atoms with Crippen LogP contribution in [0, 0.1) is 5.82 Å². The maximum absolute atomic E-state index is 12.2. The molecular weight excluding hydrogens is 515 g/mol. The van der Waals surface area contributed by atoms with Crippen LogP contribution >= 0.6 is 0 Å². The predicted molar refractivity (Wildman–Crippen MR) is 134 cm³/mol. The lowest BCUT2D eigenvalue weighted by Crippen LogP contribution is -2.03. The predicted octanol–water partition coefficient (Wildman–Crippen LogP) is 3.87. The van der Waals surface area contributed by atoms with E-state index in [-0.39, 0.29) is 17.1 Å². The SMILES string of the molecule is COC(=O)c1ccc(F)cn1.COC(=O)c1ccc(Oc2ccc(OC)nc2)cn1.COc1ccc(O)cn1. The van der Waals surface area contributed by atoms with Gasteiger partial charge in [0, 0.05) is 12.1 Å². The van der Waals surface area contributed by atoms with E-state index < -0.39 is 17.8 Å². The molecule has 4 rings (SSSR count). The van der Waals surface area contributed by atoms with Crippen molar-refractivity contribution in [1.82, 2.24) is 19.9 Å². The topological polar surface area (TPSA) is 152 Å². The van der Waals surface area contributed by atoms with Gasteiger partial charge in [-0.3, -0.25) is 0 Å². The lowest BCUT2D eigenvalue weighted by atomic mass is 10.3. The quantitative estimate of drug-likeness (QED) is 0.353. The summed E-state index contributed by atoms with van der Waals surface area (Å²) in [5, 5.41) is 8.73. The first-order valence-corrected chi connectivity index (χ1v) is 10.9. The second-order valence-corrected chi connectivity index (χ2v) is 6.92. The zero-order valence-corrected chi connectivity index (χ0v) is 21.4. The lowest BCUT2D eigenvalue weighted by Gasteiger charge is -2.06. The van der Waals surface area contributed by atoms with E-state index in [2.05, 4.69) is 29.4 Å². The van der Waals surface area contributed by atoms with Gasteiger partial charge in [-0.2, -0.15) is 0 Å². The molecule has 0 unspecified atom stereocenters. The Labute approximate surface area is 223 Å². The number of aromatic hydroxyl groups is 1. The van der Waals surface area contributed by atoms with Gasteiger partial charge in [0.05, 0.1) is 53.2 Å². The highest BCUT2D eigenvalue weighted by Crippen LogP contribution is 2.21. The van der Waals surface area contributed by atoms with Crippen LogP contribution in [-0.4, -0.2) is 65.4 Å². The van der Waals surface area contributed by atoms with E-state index in [0.717, 1.165) is 12.3 Å². The highest BCUT2D eigenvalue weighted by atomic mass is 19.1. The van der Waals surface area contributed by atoms with Crippen LogP contribution in [0.1, 0.15) is 21.0 Å². The fraction of sp³-hybridized carbons (Fsp3) is 0.154. The number of ether oxygens (including phenoxy) is 5. The molecule has 0 aromatic carbocycles. The molecule has 13 heteroatoms. The van der Waals surface area contributed by atoms with Crippen LogP contribution in [0.5, 0.6) is 29.0 Å². The number of hydrogen-bond donors (Lipinski definition) is 1. The third kappa shape index (κ3) is 10.3. The zero-order chi connectivity index (χ0) is 28.6. The average molecular weight is 541 g/mol. The van der Waals surface area contributed by atoms with Gasteiger partial charge in [0.2, 0.25) is 11.8 Å². The number of hydrogen-bond acceptors (Lipinski definition) is 12. The van der Waals surface area contributed by atoms with Crippen LogP contribution in [0.2, 0.25) is 0 Å². The zero-order valence-electron chi connectivity index (χ0n) is 21.4. The minimum Gasteiger partial charge on any atom is -0.506 e. The summed E-state index contributed by atoms with van der Waals surface area (Å²) in [5.41, 5.74) is 0.330. The van der Waals surface area contributed by atoms with Gasteiger partial charge in [0.1, 0.15) is 34.5 Å². The molecule has 0 fully saturated rings. The molecule has 0 spiro atoms. The molecular formula is C26H25FN4O8. The number of nitrogens with zero attached hydrogens (tertiary/aromatic N) is 4. The van der Waals surface area contributed by atoms with E-state index in [1.807, 2.05) is 0 Å². The molecule has 0 atom stereocenters. The Morgan fingerprint density at radius 3 is 1.51 bits per heavy atom. The molecule has 4 aromatic rings. The smallest absolute Gasteiger partial charge is 0.356 e. The van der Waals surface area contributed by atoms with Gasteiger partial charge in [0.15, 0.2) is 0 Å². The van der Waals surface area contributed by atoms with Gasteiger partial charge in [-0.1, -0.05) is 0 Å². The first-order chi connectivity index (χ1) is 18.8. The van der Waals surface area contributed by atoms with E-state index in [1.54, 1.807) is 31.4 Å². The van der Waals surface area contributed by atoms with E-state index in [9.17, 15) is 14.0 Å². The van der Waals surface area contributed by atoms with Crippen molar-refractivity contribution in [3.05, 3.63) is 90.5 Å². The van der Waals surface area contributed by atoms with Crippen molar-refractivity contribution in [1.29, 1.82) is 0 Å². The van der Waals surface area contributed by atoms with Gasteiger partial charge in [-0.05, 0) is 36.4 Å². The number of aromatic nitrogens is 4. The molecule has 0 bridgehead atoms. The second-order valence-electron chi connectivity index (χ2n) is 6.92. The van der Waals surface area contributed by atoms with Crippen molar-refractivity contribution in [3.63, 3.8) is 0 Å². The minimum absolute atomic E-state index is 0.105. The van der Waals surface area contributed by atoms with E-state index in [4.69, 9.17) is 19.3 Å². The minimum atomic E-state index is -0.565. The molecule has 0 amide bonds. The maximum Gasteiger partial charge on any atom is 0.356 e. The summed E-state index contributed by atoms with van der Waals surface area (Å²) < 4.78 is 36.3. The summed E-state index contributed by atoms with van der Waals surface area (Å²) >= 11 is 0. The third-order valence-corrected chi connectivity index (χ3v) is 4.34. The van der Waals surface area contributed by atoms with Crippen molar-refractivity contribution in [3.8, 4) is 29.0 Å². The largest absolute Gasteiger partial charge is 0.506 e. The van der Waals surface area contributed by atoms with Crippen molar-refractivity contribution in [2.45, 2.75) is 0 Å². The van der Waals surface area contributed by atoms with E-state index in [1.165, 1.54) is 58.1 Å². The molecule has 0 aliphatic carbocycles. The van der Waals surface area contributed by atoms with Gasteiger partial charge >= 0.3 is 11.9 Å². The van der Waals surface area contributed by atoms with Crippen LogP contribution in [0.3, 0.4) is 0 Å². The van der Waals surface area contributed by atoms with Crippen LogP contribution in [-0.2, 0) is 9.47 Å². The fourth-order valence-electron chi connectivity index (χ4n) is 2.44. The number of methoxy groups -OCH3 is 4. The summed E-state index contributed by atoms with van der Waals surface area (Å²) in [6.45, 7) is 0. The Hall–Kier alpha value is -5.33. The Bertz CT molecular complexity index is 1300. The summed E-state index contributed by atoms with van der Waals surface area (Å²) in [6.07, 6.45) is 5.27. The molecule has 0 aliphatic rings. The summed E-state index contributed by atoms with van der Waals surface area (Å²) in [6, 6.07) is 12.1. The standard InChI is InChI=1S/C13H12N2O4.C7H6FNO2.C6H7NO2/c1-17-12-6-4-10(8-15-12)19-9-3-5-11(14-7-9)13(16)18-2;1-11-7(10)6-3-2-5(8)4-9-6;1-9-6-3-2-5(8)4-7-6/h3-8H,1-2H3;2-4H,1H3;2-4,8H,1H3. The molecule has 39 heavy (non-hydrogen) atoms. The number of carbonyl (C=O) groups excluding carboxylic acids is 2. The normalized spacial score (nSPS) is 9.46. The Balaban J connectivity index is 0.000000226. The number of carbonyl (C=O) groups is 2. The van der Waals surface area contributed by atoms with E-state index in [0.29, 0.717) is 23.3 Å². The van der Waals surface area contributed by atoms with Crippen LogP contribution in [0.15, 0.2) is 73.3 Å². The number of halogens is 1. The Morgan fingerprint density at radius 1 is 0.641 bits per heavy atom. The molecule has 4 aromatic heterocycles. The Morgan fingerprint density at radius 2 is 1.13 bits per heavy atom. The van der Waals surface area contributed by atoms with Gasteiger partial charge in [0.25, 0.3) is 0 Å². The molecule has 204 valence electrons. The molecule has 12 nitrogen and oxygen atoms in total.